The predicted octanol–water partition coefficient (Wildman–Crippen LogP) is 4.47. The molecule has 1 aromatic carbocycles. The summed E-state index contributed by atoms with van der Waals surface area (Å²) in [5.74, 6) is 1.07. The van der Waals surface area contributed by atoms with Crippen LogP contribution in [-0.4, -0.2) is 5.11 Å². The van der Waals surface area contributed by atoms with E-state index in [4.69, 9.17) is 0 Å². The molecule has 0 amide bonds. The highest BCUT2D eigenvalue weighted by molar-refractivity contribution is 5.28. The molecule has 1 fully saturated rings. The van der Waals surface area contributed by atoms with E-state index in [9.17, 15) is 5.11 Å². The molecule has 1 nitrogen and oxygen atoms in total. The van der Waals surface area contributed by atoms with Crippen molar-refractivity contribution in [3.63, 3.8) is 0 Å². The van der Waals surface area contributed by atoms with E-state index in [1.54, 1.807) is 0 Å². The number of phenolic OH excluding ortho intramolecular Hbond substituents is 1. The highest BCUT2D eigenvalue weighted by Crippen LogP contribution is 2.40. The average Bonchev–Trinajstić information content (AvgIpc) is 2.41. The summed E-state index contributed by atoms with van der Waals surface area (Å²) in [6.07, 6.45) is 6.59. The van der Waals surface area contributed by atoms with Gasteiger partial charge in [0.15, 0.2) is 0 Å². The topological polar surface area (TPSA) is 20.2 Å². The van der Waals surface area contributed by atoms with Gasteiger partial charge in [-0.05, 0) is 54.7 Å². The van der Waals surface area contributed by atoms with Crippen molar-refractivity contribution < 1.29 is 5.11 Å². The zero-order valence-corrected chi connectivity index (χ0v) is 10.4. The maximum Gasteiger partial charge on any atom is 0.115 e. The van der Waals surface area contributed by atoms with Crippen LogP contribution in [0, 0.1) is 5.41 Å². The summed E-state index contributed by atoms with van der Waals surface area (Å²) in [6.45, 7) is 4.76. The first kappa shape index (κ1) is 11.5. The highest BCUT2D eigenvalue weighted by Gasteiger charge is 2.24. The number of benzene rings is 1. The van der Waals surface area contributed by atoms with Crippen LogP contribution in [0.3, 0.4) is 0 Å². The van der Waals surface area contributed by atoms with Crippen molar-refractivity contribution in [3.8, 4) is 5.75 Å². The Bertz CT molecular complexity index is 337. The fraction of sp³-hybridized carbons (Fsp3) is 0.600. The molecule has 1 aliphatic rings. The van der Waals surface area contributed by atoms with Gasteiger partial charge in [-0.1, -0.05) is 32.4 Å². The highest BCUT2D eigenvalue weighted by atomic mass is 16.3. The van der Waals surface area contributed by atoms with Gasteiger partial charge >= 0.3 is 0 Å². The lowest BCUT2D eigenvalue weighted by atomic mass is 9.84. The fourth-order valence-corrected chi connectivity index (χ4v) is 2.74. The van der Waals surface area contributed by atoms with Gasteiger partial charge in [0.2, 0.25) is 0 Å². The van der Waals surface area contributed by atoms with Gasteiger partial charge in [0, 0.05) is 0 Å². The van der Waals surface area contributed by atoms with E-state index in [2.05, 4.69) is 26.0 Å². The molecule has 88 valence electrons. The van der Waals surface area contributed by atoms with E-state index in [0.29, 0.717) is 17.1 Å². The lowest BCUT2D eigenvalue weighted by molar-refractivity contribution is 0.313. The van der Waals surface area contributed by atoms with Crippen molar-refractivity contribution >= 4 is 0 Å². The van der Waals surface area contributed by atoms with Crippen LogP contribution in [0.4, 0.5) is 0 Å². The van der Waals surface area contributed by atoms with Crippen molar-refractivity contribution in [1.82, 2.24) is 0 Å². The summed E-state index contributed by atoms with van der Waals surface area (Å²) in [4.78, 5) is 0. The lowest BCUT2D eigenvalue weighted by Gasteiger charge is -2.22. The second-order valence-corrected chi connectivity index (χ2v) is 5.88. The van der Waals surface area contributed by atoms with Crippen molar-refractivity contribution in [1.29, 1.82) is 0 Å². The molecule has 1 N–H and O–H groups in total. The van der Waals surface area contributed by atoms with Crippen molar-refractivity contribution in [3.05, 3.63) is 29.8 Å². The second-order valence-electron chi connectivity index (χ2n) is 5.88. The number of aromatic hydroxyl groups is 1. The smallest absolute Gasteiger partial charge is 0.115 e. The Kier molecular flexibility index (Phi) is 3.22. The average molecular weight is 218 g/mol. The molecule has 1 aromatic rings. The molecule has 0 aromatic heterocycles. The van der Waals surface area contributed by atoms with Gasteiger partial charge in [-0.3, -0.25) is 0 Å². The summed E-state index contributed by atoms with van der Waals surface area (Å²) in [5.41, 5.74) is 1.92. The van der Waals surface area contributed by atoms with E-state index >= 15 is 0 Å². The third-order valence-electron chi connectivity index (χ3n) is 3.94. The minimum absolute atomic E-state index is 0.373. The summed E-state index contributed by atoms with van der Waals surface area (Å²) in [5, 5.41) is 9.29. The molecule has 0 saturated heterocycles. The molecule has 1 aliphatic carbocycles. The van der Waals surface area contributed by atoms with E-state index in [1.807, 2.05) is 12.1 Å². The molecule has 0 aliphatic heterocycles. The van der Waals surface area contributed by atoms with Gasteiger partial charge in [0.05, 0.1) is 0 Å². The first-order valence-corrected chi connectivity index (χ1v) is 6.36. The Labute approximate surface area is 98.5 Å². The second kappa shape index (κ2) is 4.48. The lowest BCUT2D eigenvalue weighted by Crippen LogP contribution is -2.08. The minimum atomic E-state index is 0.373. The van der Waals surface area contributed by atoms with Gasteiger partial charge < -0.3 is 5.11 Å². The molecule has 0 bridgehead atoms. The monoisotopic (exact) mass is 218 g/mol. The summed E-state index contributed by atoms with van der Waals surface area (Å²) in [7, 11) is 0. The van der Waals surface area contributed by atoms with E-state index in [-0.39, 0.29) is 0 Å². The maximum absolute atomic E-state index is 9.29. The molecule has 0 spiro atoms. The summed E-state index contributed by atoms with van der Waals surface area (Å²) >= 11 is 0. The molecule has 1 unspecified atom stereocenters. The number of hydrogen-bond donors (Lipinski definition) is 1. The molecule has 2 rings (SSSR count). The van der Waals surface area contributed by atoms with E-state index in [0.717, 1.165) is 0 Å². The summed E-state index contributed by atoms with van der Waals surface area (Å²) < 4.78 is 0. The Hall–Kier alpha value is -0.980. The Morgan fingerprint density at radius 2 is 1.75 bits per heavy atom. The third kappa shape index (κ3) is 2.78. The maximum atomic E-state index is 9.29. The van der Waals surface area contributed by atoms with Crippen LogP contribution >= 0.6 is 0 Å². The Balaban J connectivity index is 2.08. The molecule has 16 heavy (non-hydrogen) atoms. The van der Waals surface area contributed by atoms with Crippen LogP contribution in [0.25, 0.3) is 0 Å². The molecule has 1 heteroatoms. The van der Waals surface area contributed by atoms with Crippen LogP contribution in [0.15, 0.2) is 24.3 Å². The standard InChI is InChI=1S/C15H22O/c1-15(2)10-3-4-12(9-11-15)13-5-7-14(16)8-6-13/h5-8,12,16H,3-4,9-11H2,1-2H3. The van der Waals surface area contributed by atoms with Crippen LogP contribution < -0.4 is 0 Å². The Morgan fingerprint density at radius 3 is 2.44 bits per heavy atom. The zero-order chi connectivity index (χ0) is 11.6. The summed E-state index contributed by atoms with van der Waals surface area (Å²) in [6, 6.07) is 7.79. The largest absolute Gasteiger partial charge is 0.508 e. The van der Waals surface area contributed by atoms with Crippen molar-refractivity contribution in [2.24, 2.45) is 5.41 Å². The number of phenols is 1. The minimum Gasteiger partial charge on any atom is -0.508 e. The number of hydrogen-bond acceptors (Lipinski definition) is 1. The van der Waals surface area contributed by atoms with Gasteiger partial charge in [0.1, 0.15) is 5.75 Å². The van der Waals surface area contributed by atoms with Gasteiger partial charge in [-0.2, -0.15) is 0 Å². The predicted molar refractivity (Wildman–Crippen MR) is 67.7 cm³/mol. The normalized spacial score (nSPS) is 25.0. The molecule has 0 heterocycles. The third-order valence-corrected chi connectivity index (χ3v) is 3.94. The molecular weight excluding hydrogens is 196 g/mol. The first-order valence-electron chi connectivity index (χ1n) is 6.36. The molecular formula is C15H22O. The van der Waals surface area contributed by atoms with Gasteiger partial charge in [0.25, 0.3) is 0 Å². The number of rotatable bonds is 1. The fourth-order valence-electron chi connectivity index (χ4n) is 2.74. The van der Waals surface area contributed by atoms with Crippen LogP contribution in [0.2, 0.25) is 0 Å². The SMILES string of the molecule is CC1(C)CCCC(c2ccc(O)cc2)CC1. The van der Waals surface area contributed by atoms with Crippen LogP contribution in [-0.2, 0) is 0 Å². The van der Waals surface area contributed by atoms with E-state index < -0.39 is 0 Å². The quantitative estimate of drug-likeness (QED) is 0.690. The van der Waals surface area contributed by atoms with E-state index in [1.165, 1.54) is 37.7 Å². The van der Waals surface area contributed by atoms with Crippen LogP contribution in [0.1, 0.15) is 57.4 Å². The Morgan fingerprint density at radius 1 is 1.06 bits per heavy atom. The molecule has 1 saturated carbocycles. The van der Waals surface area contributed by atoms with Crippen molar-refractivity contribution in [2.45, 2.75) is 51.9 Å². The van der Waals surface area contributed by atoms with Gasteiger partial charge in [-0.25, -0.2) is 0 Å². The first-order chi connectivity index (χ1) is 7.57. The van der Waals surface area contributed by atoms with Gasteiger partial charge in [-0.15, -0.1) is 0 Å². The molecule has 1 atom stereocenters. The molecule has 0 radical (unpaired) electrons. The van der Waals surface area contributed by atoms with Crippen molar-refractivity contribution in [2.75, 3.05) is 0 Å². The zero-order valence-electron chi connectivity index (χ0n) is 10.4. The van der Waals surface area contributed by atoms with Crippen LogP contribution in [0.5, 0.6) is 5.75 Å².